The lowest BCUT2D eigenvalue weighted by molar-refractivity contribution is -0.148. The first-order valence-corrected chi connectivity index (χ1v) is 10.4. The fraction of sp³-hybridized carbons (Fsp3) is 0.800. The van der Waals surface area contributed by atoms with Gasteiger partial charge in [-0.2, -0.15) is 0 Å². The largest absolute Gasteiger partial charge is 0.468 e. The summed E-state index contributed by atoms with van der Waals surface area (Å²) in [5.41, 5.74) is 0. The molecule has 0 aromatic heterocycles. The van der Waals surface area contributed by atoms with Crippen molar-refractivity contribution in [1.82, 2.24) is 20.4 Å². The van der Waals surface area contributed by atoms with Crippen LogP contribution < -0.4 is 10.6 Å². The van der Waals surface area contributed by atoms with E-state index in [1.54, 1.807) is 11.8 Å². The lowest BCUT2D eigenvalue weighted by atomic mass is 9.88. The first kappa shape index (κ1) is 25.8. The van der Waals surface area contributed by atoms with Crippen LogP contribution in [-0.4, -0.2) is 99.6 Å². The molecule has 1 rings (SSSR count). The molecule has 2 atom stereocenters. The van der Waals surface area contributed by atoms with E-state index in [2.05, 4.69) is 10.6 Å². The topological polar surface area (TPSA) is 117 Å². The molecule has 0 radical (unpaired) electrons. The van der Waals surface area contributed by atoms with Gasteiger partial charge in [-0.3, -0.25) is 29.0 Å². The molecular formula is C20H36N4O6. The van der Waals surface area contributed by atoms with Crippen LogP contribution in [0.3, 0.4) is 0 Å². The number of hydrogen-bond acceptors (Lipinski definition) is 8. The summed E-state index contributed by atoms with van der Waals surface area (Å²) in [6.45, 7) is 2.69. The zero-order valence-electron chi connectivity index (χ0n) is 18.6. The number of carbonyl (C=O) groups is 4. The van der Waals surface area contributed by atoms with Crippen LogP contribution in [0.15, 0.2) is 0 Å². The molecule has 0 spiro atoms. The van der Waals surface area contributed by atoms with Crippen LogP contribution in [0.4, 0.5) is 0 Å². The minimum Gasteiger partial charge on any atom is -0.468 e. The molecule has 1 aliphatic rings. The Bertz CT molecular complexity index is 568. The van der Waals surface area contributed by atoms with Gasteiger partial charge in [-0.25, -0.2) is 0 Å². The third-order valence-electron chi connectivity index (χ3n) is 5.33. The lowest BCUT2D eigenvalue weighted by Gasteiger charge is -2.43. The number of rotatable bonds is 12. The molecule has 0 aliphatic heterocycles. The van der Waals surface area contributed by atoms with Crippen LogP contribution in [0.25, 0.3) is 0 Å². The number of ether oxygens (including phenoxy) is 2. The second-order valence-corrected chi connectivity index (χ2v) is 7.44. The van der Waals surface area contributed by atoms with Gasteiger partial charge in [-0.15, -0.1) is 0 Å². The maximum atomic E-state index is 12.3. The normalized spacial score (nSPS) is 18.7. The molecule has 1 fully saturated rings. The zero-order chi connectivity index (χ0) is 22.5. The maximum Gasteiger partial charge on any atom is 0.319 e. The van der Waals surface area contributed by atoms with Crippen LogP contribution in [0.2, 0.25) is 0 Å². The molecule has 1 aliphatic carbocycles. The molecule has 0 aromatic rings. The third kappa shape index (κ3) is 9.08. The summed E-state index contributed by atoms with van der Waals surface area (Å²) in [4.78, 5) is 51.1. The summed E-state index contributed by atoms with van der Waals surface area (Å²) in [5, 5.41) is 5.51. The van der Waals surface area contributed by atoms with E-state index in [4.69, 9.17) is 9.47 Å². The summed E-state index contributed by atoms with van der Waals surface area (Å²) < 4.78 is 9.57. The Morgan fingerprint density at radius 3 is 1.83 bits per heavy atom. The van der Waals surface area contributed by atoms with E-state index in [-0.39, 0.29) is 43.5 Å². The van der Waals surface area contributed by atoms with Crippen molar-refractivity contribution >= 4 is 23.8 Å². The van der Waals surface area contributed by atoms with E-state index in [1.165, 1.54) is 14.2 Å². The van der Waals surface area contributed by atoms with Gasteiger partial charge >= 0.3 is 11.9 Å². The van der Waals surface area contributed by atoms with E-state index in [0.717, 1.165) is 25.7 Å². The van der Waals surface area contributed by atoms with Crippen molar-refractivity contribution in [3.8, 4) is 0 Å². The van der Waals surface area contributed by atoms with Crippen LogP contribution in [0, 0.1) is 0 Å². The highest BCUT2D eigenvalue weighted by atomic mass is 16.5. The van der Waals surface area contributed by atoms with Gasteiger partial charge in [0.1, 0.15) is 0 Å². The number of amides is 2. The number of carbonyl (C=O) groups excluding carboxylic acids is 4. The molecule has 10 nitrogen and oxygen atoms in total. The van der Waals surface area contributed by atoms with E-state index in [1.807, 2.05) is 11.9 Å². The van der Waals surface area contributed by atoms with Gasteiger partial charge in [0.15, 0.2) is 0 Å². The van der Waals surface area contributed by atoms with Crippen molar-refractivity contribution in [3.63, 3.8) is 0 Å². The molecule has 0 bridgehead atoms. The number of hydrogen-bond donors (Lipinski definition) is 2. The SMILES string of the molecule is CCC(=O)NCCNC(=O)CN(C)C1CCCCC1N(CC(=O)OC)CC(=O)OC. The number of likely N-dealkylation sites (N-methyl/N-ethyl adjacent to an activating group) is 1. The zero-order valence-corrected chi connectivity index (χ0v) is 18.6. The van der Waals surface area contributed by atoms with E-state index in [9.17, 15) is 19.2 Å². The van der Waals surface area contributed by atoms with Crippen molar-refractivity contribution in [3.05, 3.63) is 0 Å². The summed E-state index contributed by atoms with van der Waals surface area (Å²) in [5.74, 6) is -1.03. The Hall–Kier alpha value is -2.20. The monoisotopic (exact) mass is 428 g/mol. The first-order chi connectivity index (χ1) is 14.3. The van der Waals surface area contributed by atoms with Crippen LogP contribution in [0.1, 0.15) is 39.0 Å². The predicted molar refractivity (Wildman–Crippen MR) is 111 cm³/mol. The molecule has 0 aromatic carbocycles. The highest BCUT2D eigenvalue weighted by molar-refractivity contribution is 5.78. The third-order valence-corrected chi connectivity index (χ3v) is 5.33. The second kappa shape index (κ2) is 13.9. The molecule has 0 heterocycles. The van der Waals surface area contributed by atoms with Crippen molar-refractivity contribution in [1.29, 1.82) is 0 Å². The van der Waals surface area contributed by atoms with Gasteiger partial charge in [0.05, 0.1) is 33.9 Å². The molecule has 2 amide bonds. The Labute approximate surface area is 178 Å². The van der Waals surface area contributed by atoms with Crippen molar-refractivity contribution in [2.24, 2.45) is 0 Å². The average Bonchev–Trinajstić information content (AvgIpc) is 2.75. The quantitative estimate of drug-likeness (QED) is 0.316. The van der Waals surface area contributed by atoms with Gasteiger partial charge < -0.3 is 20.1 Å². The number of nitrogens with zero attached hydrogens (tertiary/aromatic N) is 2. The van der Waals surface area contributed by atoms with E-state index >= 15 is 0 Å². The number of methoxy groups -OCH3 is 2. The molecule has 172 valence electrons. The summed E-state index contributed by atoms with van der Waals surface area (Å²) >= 11 is 0. The van der Waals surface area contributed by atoms with Gasteiger partial charge in [0.2, 0.25) is 11.8 Å². The molecule has 1 saturated carbocycles. The van der Waals surface area contributed by atoms with Gasteiger partial charge in [-0.05, 0) is 19.9 Å². The fourth-order valence-electron chi connectivity index (χ4n) is 3.71. The van der Waals surface area contributed by atoms with Crippen LogP contribution in [-0.2, 0) is 28.7 Å². The highest BCUT2D eigenvalue weighted by Gasteiger charge is 2.35. The molecule has 0 saturated heterocycles. The van der Waals surface area contributed by atoms with Crippen LogP contribution in [0.5, 0.6) is 0 Å². The standard InChI is InChI=1S/C20H36N4O6/c1-5-17(25)21-10-11-22-18(26)12-23(2)15-8-6-7-9-16(15)24(13-19(27)29-3)14-20(28)30-4/h15-16H,5-14H2,1-4H3,(H,21,25)(H,22,26). The summed E-state index contributed by atoms with van der Waals surface area (Å²) in [6, 6.07) is -0.0581. The summed E-state index contributed by atoms with van der Waals surface area (Å²) in [7, 11) is 4.50. The molecule has 2 unspecified atom stereocenters. The first-order valence-electron chi connectivity index (χ1n) is 10.4. The minimum atomic E-state index is -0.419. The minimum absolute atomic E-state index is 0.00999. The Kier molecular flexibility index (Phi) is 12.0. The van der Waals surface area contributed by atoms with Gasteiger partial charge in [0.25, 0.3) is 0 Å². The van der Waals surface area contributed by atoms with E-state index in [0.29, 0.717) is 19.5 Å². The average molecular weight is 429 g/mol. The smallest absolute Gasteiger partial charge is 0.319 e. The Morgan fingerprint density at radius 1 is 0.833 bits per heavy atom. The Morgan fingerprint density at radius 2 is 1.33 bits per heavy atom. The molecule has 2 N–H and O–H groups in total. The van der Waals surface area contributed by atoms with Crippen molar-refractivity contribution in [2.75, 3.05) is 54.0 Å². The number of nitrogens with one attached hydrogen (secondary N) is 2. The molecular weight excluding hydrogens is 392 g/mol. The highest BCUT2D eigenvalue weighted by Crippen LogP contribution is 2.26. The van der Waals surface area contributed by atoms with Crippen LogP contribution >= 0.6 is 0 Å². The maximum absolute atomic E-state index is 12.3. The Balaban J connectivity index is 2.69. The fourth-order valence-corrected chi connectivity index (χ4v) is 3.71. The molecule has 10 heteroatoms. The summed E-state index contributed by atoms with van der Waals surface area (Å²) in [6.07, 6.45) is 4.08. The van der Waals surface area contributed by atoms with Crippen molar-refractivity contribution in [2.45, 2.75) is 51.1 Å². The predicted octanol–water partition coefficient (Wildman–Crippen LogP) is -0.480. The van der Waals surface area contributed by atoms with E-state index < -0.39 is 11.9 Å². The van der Waals surface area contributed by atoms with Crippen molar-refractivity contribution < 1.29 is 28.7 Å². The molecule has 30 heavy (non-hydrogen) atoms. The van der Waals surface area contributed by atoms with Gasteiger partial charge in [-0.1, -0.05) is 19.8 Å². The second-order valence-electron chi connectivity index (χ2n) is 7.44. The van der Waals surface area contributed by atoms with Gasteiger partial charge in [0, 0.05) is 31.6 Å². The lowest BCUT2D eigenvalue weighted by Crippen LogP contribution is -2.56. The number of esters is 2.